The third kappa shape index (κ3) is 7.92. The minimum absolute atomic E-state index is 0.382. The summed E-state index contributed by atoms with van der Waals surface area (Å²) in [6, 6.07) is 12.2. The van der Waals surface area contributed by atoms with Gasteiger partial charge in [-0.3, -0.25) is 4.98 Å². The molecule has 1 aromatic carbocycles. The fourth-order valence-corrected chi connectivity index (χ4v) is 2.48. The molecule has 0 spiro atoms. The topological polar surface area (TPSA) is 42.4 Å². The summed E-state index contributed by atoms with van der Waals surface area (Å²) < 4.78 is 5.02. The molecule has 0 aliphatic rings. The van der Waals surface area contributed by atoms with Gasteiger partial charge in [0.15, 0.2) is 0 Å². The number of aliphatic hydroxyl groups excluding tert-OH is 1. The average molecular weight is 337 g/mol. The van der Waals surface area contributed by atoms with Crippen LogP contribution < -0.4 is 0 Å². The monoisotopic (exact) mass is 337 g/mol. The second-order valence-electron chi connectivity index (χ2n) is 6.05. The molecule has 1 aromatic heterocycles. The number of benzene rings is 1. The van der Waals surface area contributed by atoms with Crippen molar-refractivity contribution < 1.29 is 9.84 Å². The van der Waals surface area contributed by atoms with E-state index in [4.69, 9.17) is 4.74 Å². The van der Waals surface area contributed by atoms with Crippen LogP contribution >= 0.6 is 0 Å². The molecule has 0 saturated heterocycles. The lowest BCUT2D eigenvalue weighted by Gasteiger charge is -2.05. The van der Waals surface area contributed by atoms with Crippen LogP contribution in [0.3, 0.4) is 0 Å². The maximum Gasteiger partial charge on any atom is 0.0724 e. The Morgan fingerprint density at radius 1 is 0.960 bits per heavy atom. The number of aromatic nitrogens is 1. The number of nitrogens with zero attached hydrogens (tertiary/aromatic N) is 1. The van der Waals surface area contributed by atoms with E-state index in [0.717, 1.165) is 49.0 Å². The van der Waals surface area contributed by atoms with E-state index in [2.05, 4.69) is 35.3 Å². The molecule has 25 heavy (non-hydrogen) atoms. The Hall–Kier alpha value is -2.23. The van der Waals surface area contributed by atoms with E-state index in [1.165, 1.54) is 0 Å². The summed E-state index contributed by atoms with van der Waals surface area (Å²) >= 11 is 0. The molecule has 0 bridgehead atoms. The molecule has 0 saturated carbocycles. The lowest BCUT2D eigenvalue weighted by Crippen LogP contribution is -2.01. The first-order valence-corrected chi connectivity index (χ1v) is 8.81. The molecule has 3 nitrogen and oxygen atoms in total. The van der Waals surface area contributed by atoms with Crippen LogP contribution in [-0.2, 0) is 4.74 Å². The molecular formula is C22H27NO2. The van der Waals surface area contributed by atoms with Crippen LogP contribution in [0.4, 0.5) is 0 Å². The first-order chi connectivity index (χ1) is 12.3. The van der Waals surface area contributed by atoms with Gasteiger partial charge in [-0.1, -0.05) is 67.5 Å². The largest absolute Gasteiger partial charge is 0.389 e. The Kier molecular flexibility index (Phi) is 8.67. The molecule has 1 heterocycles. The number of ether oxygens (including phenoxy) is 1. The summed E-state index contributed by atoms with van der Waals surface area (Å²) in [6.45, 7) is 0.799. The van der Waals surface area contributed by atoms with E-state index in [1.807, 2.05) is 36.6 Å². The van der Waals surface area contributed by atoms with Gasteiger partial charge in [0.2, 0.25) is 0 Å². The van der Waals surface area contributed by atoms with Gasteiger partial charge in [0.1, 0.15) is 0 Å². The molecule has 0 aliphatic heterocycles. The predicted octanol–water partition coefficient (Wildman–Crippen LogP) is 4.83. The van der Waals surface area contributed by atoms with E-state index in [-0.39, 0.29) is 6.10 Å². The number of pyridine rings is 1. The summed E-state index contributed by atoms with van der Waals surface area (Å²) in [6.07, 6.45) is 15.2. The highest BCUT2D eigenvalue weighted by atomic mass is 16.5. The Bertz CT molecular complexity index is 647. The van der Waals surface area contributed by atoms with Crippen LogP contribution in [0.1, 0.15) is 42.4 Å². The zero-order valence-electron chi connectivity index (χ0n) is 14.8. The van der Waals surface area contributed by atoms with Crippen LogP contribution in [0.15, 0.2) is 54.9 Å². The zero-order valence-corrected chi connectivity index (χ0v) is 14.8. The van der Waals surface area contributed by atoms with Crippen LogP contribution in [-0.4, -0.2) is 29.9 Å². The fraction of sp³-hybridized carbons (Fsp3) is 0.318. The number of methoxy groups -OCH3 is 1. The van der Waals surface area contributed by atoms with Gasteiger partial charge in [0, 0.05) is 26.1 Å². The van der Waals surface area contributed by atoms with Crippen molar-refractivity contribution in [3.8, 4) is 0 Å². The highest BCUT2D eigenvalue weighted by Crippen LogP contribution is 2.12. The number of hydrogen-bond acceptors (Lipinski definition) is 3. The normalized spacial score (nSPS) is 12.9. The quantitative estimate of drug-likeness (QED) is 0.631. The van der Waals surface area contributed by atoms with Crippen molar-refractivity contribution in [1.82, 2.24) is 4.98 Å². The van der Waals surface area contributed by atoms with Gasteiger partial charge in [-0.05, 0) is 35.6 Å². The van der Waals surface area contributed by atoms with E-state index in [1.54, 1.807) is 13.3 Å². The second-order valence-corrected chi connectivity index (χ2v) is 6.05. The molecule has 1 atom stereocenters. The third-order valence-electron chi connectivity index (χ3n) is 3.95. The molecule has 3 heteroatoms. The lowest BCUT2D eigenvalue weighted by atomic mass is 10.1. The van der Waals surface area contributed by atoms with Gasteiger partial charge in [-0.2, -0.15) is 0 Å². The van der Waals surface area contributed by atoms with Gasteiger partial charge >= 0.3 is 0 Å². The minimum atomic E-state index is -0.382. The molecule has 1 unspecified atom stereocenters. The van der Waals surface area contributed by atoms with E-state index in [0.29, 0.717) is 0 Å². The average Bonchev–Trinajstić information content (AvgIpc) is 2.66. The van der Waals surface area contributed by atoms with E-state index >= 15 is 0 Å². The molecule has 132 valence electrons. The van der Waals surface area contributed by atoms with Gasteiger partial charge in [0.25, 0.3) is 0 Å². The number of rotatable bonds is 10. The first-order valence-electron chi connectivity index (χ1n) is 8.81. The maximum absolute atomic E-state index is 10.00. The van der Waals surface area contributed by atoms with Crippen LogP contribution in [0, 0.1) is 0 Å². The van der Waals surface area contributed by atoms with E-state index < -0.39 is 0 Å². The van der Waals surface area contributed by atoms with Crippen molar-refractivity contribution >= 4 is 18.2 Å². The van der Waals surface area contributed by atoms with Gasteiger partial charge in [0.05, 0.1) is 6.10 Å². The third-order valence-corrected chi connectivity index (χ3v) is 3.95. The van der Waals surface area contributed by atoms with Gasteiger partial charge in [-0.25, -0.2) is 0 Å². The highest BCUT2D eigenvalue weighted by molar-refractivity contribution is 5.69. The van der Waals surface area contributed by atoms with Crippen molar-refractivity contribution in [3.63, 3.8) is 0 Å². The van der Waals surface area contributed by atoms with Crippen molar-refractivity contribution in [1.29, 1.82) is 0 Å². The number of aliphatic hydroxyl groups is 1. The molecule has 0 radical (unpaired) electrons. The van der Waals surface area contributed by atoms with Crippen molar-refractivity contribution in [3.05, 3.63) is 71.6 Å². The van der Waals surface area contributed by atoms with Crippen LogP contribution in [0.25, 0.3) is 18.2 Å². The first kappa shape index (κ1) is 19.1. The smallest absolute Gasteiger partial charge is 0.0724 e. The Morgan fingerprint density at radius 3 is 2.36 bits per heavy atom. The predicted molar refractivity (Wildman–Crippen MR) is 105 cm³/mol. The van der Waals surface area contributed by atoms with Crippen molar-refractivity contribution in [2.24, 2.45) is 0 Å². The Balaban J connectivity index is 1.78. The SMILES string of the molecule is COCCCCCC(O)/C=C/c1ccc(/C=C/c2cccnc2)cc1. The molecule has 2 aromatic rings. The van der Waals surface area contributed by atoms with Crippen molar-refractivity contribution in [2.75, 3.05) is 13.7 Å². The second kappa shape index (κ2) is 11.3. The summed E-state index contributed by atoms with van der Waals surface area (Å²) in [5.41, 5.74) is 3.32. The Morgan fingerprint density at radius 2 is 1.68 bits per heavy atom. The molecule has 2 rings (SSSR count). The van der Waals surface area contributed by atoms with E-state index in [9.17, 15) is 5.11 Å². The van der Waals surface area contributed by atoms with Crippen molar-refractivity contribution in [2.45, 2.75) is 31.8 Å². The summed E-state index contributed by atoms with van der Waals surface area (Å²) in [5.74, 6) is 0. The molecule has 0 fully saturated rings. The zero-order chi connectivity index (χ0) is 17.7. The molecular weight excluding hydrogens is 310 g/mol. The van der Waals surface area contributed by atoms with Gasteiger partial charge in [-0.15, -0.1) is 0 Å². The summed E-state index contributed by atoms with van der Waals surface area (Å²) in [4.78, 5) is 4.10. The summed E-state index contributed by atoms with van der Waals surface area (Å²) in [7, 11) is 1.72. The maximum atomic E-state index is 10.00. The lowest BCUT2D eigenvalue weighted by molar-refractivity contribution is 0.184. The Labute approximate surface area is 150 Å². The van der Waals surface area contributed by atoms with Gasteiger partial charge < -0.3 is 9.84 Å². The number of unbranched alkanes of at least 4 members (excludes halogenated alkanes) is 2. The molecule has 0 amide bonds. The van der Waals surface area contributed by atoms with Crippen LogP contribution in [0.2, 0.25) is 0 Å². The molecule has 0 aliphatic carbocycles. The standard InChI is InChI=1S/C22H27NO2/c1-25-17-4-2-3-7-22(24)15-14-20-10-8-19(9-11-20)12-13-21-6-5-16-23-18-21/h5-6,8-16,18,22,24H,2-4,7,17H2,1H3/b13-12+,15-14+. The van der Waals surface area contributed by atoms with Crippen LogP contribution in [0.5, 0.6) is 0 Å². The minimum Gasteiger partial charge on any atom is -0.389 e. The number of hydrogen-bond donors (Lipinski definition) is 1. The fourth-order valence-electron chi connectivity index (χ4n) is 2.48. The molecule has 1 N–H and O–H groups in total. The highest BCUT2D eigenvalue weighted by Gasteiger charge is 1.99. The summed E-state index contributed by atoms with van der Waals surface area (Å²) in [5, 5.41) is 10.00.